The van der Waals surface area contributed by atoms with E-state index in [1.54, 1.807) is 0 Å². The van der Waals surface area contributed by atoms with Gasteiger partial charge >= 0.3 is 0 Å². The van der Waals surface area contributed by atoms with Crippen molar-refractivity contribution >= 4 is 11.8 Å². The largest absolute Gasteiger partial charge is 0.489 e. The maximum atomic E-state index is 11.9. The van der Waals surface area contributed by atoms with Gasteiger partial charge in [0.2, 0.25) is 11.8 Å². The average Bonchev–Trinajstić information content (AvgIpc) is 2.69. The monoisotopic (exact) mass is 383 g/mol. The minimum Gasteiger partial charge on any atom is -0.489 e. The van der Waals surface area contributed by atoms with Crippen LogP contribution >= 0.6 is 0 Å². The number of ether oxygens (including phenoxy) is 1. The molecule has 0 aliphatic carbocycles. The van der Waals surface area contributed by atoms with E-state index in [4.69, 9.17) is 10.5 Å². The van der Waals surface area contributed by atoms with Crippen LogP contribution in [0, 0.1) is 12.8 Å². The lowest BCUT2D eigenvalue weighted by molar-refractivity contribution is -0.127. The molecule has 0 spiro atoms. The van der Waals surface area contributed by atoms with Gasteiger partial charge in [-0.15, -0.1) is 0 Å². The summed E-state index contributed by atoms with van der Waals surface area (Å²) in [5.41, 5.74) is 9.01. The first kappa shape index (κ1) is 21.4. The summed E-state index contributed by atoms with van der Waals surface area (Å²) in [6.45, 7) is 6.57. The van der Waals surface area contributed by atoms with Gasteiger partial charge in [0.05, 0.1) is 12.6 Å². The number of hydrogen-bond donors (Lipinski definition) is 3. The quantitative estimate of drug-likeness (QED) is 0.619. The summed E-state index contributed by atoms with van der Waals surface area (Å²) in [6, 6.07) is 15.1. The highest BCUT2D eigenvalue weighted by Gasteiger charge is 2.17. The molecular weight excluding hydrogens is 354 g/mol. The summed E-state index contributed by atoms with van der Waals surface area (Å²) in [5.74, 6) is 0.213. The van der Waals surface area contributed by atoms with E-state index in [0.29, 0.717) is 13.2 Å². The third-order valence-electron chi connectivity index (χ3n) is 4.35. The molecule has 0 saturated carbocycles. The molecule has 0 bridgehead atoms. The van der Waals surface area contributed by atoms with Gasteiger partial charge in [0.15, 0.2) is 0 Å². The first-order valence-corrected chi connectivity index (χ1v) is 9.42. The van der Waals surface area contributed by atoms with Crippen molar-refractivity contribution in [3.05, 3.63) is 65.2 Å². The molecule has 0 aliphatic heterocycles. The van der Waals surface area contributed by atoms with E-state index in [0.717, 1.165) is 16.9 Å². The van der Waals surface area contributed by atoms with Crippen molar-refractivity contribution < 1.29 is 14.3 Å². The number of aryl methyl sites for hydroxylation is 1. The Morgan fingerprint density at radius 3 is 2.39 bits per heavy atom. The van der Waals surface area contributed by atoms with E-state index >= 15 is 0 Å². The molecule has 150 valence electrons. The van der Waals surface area contributed by atoms with Gasteiger partial charge < -0.3 is 21.1 Å². The SMILES string of the molecule is Cc1cccc(COc2ccc(CNC(=O)CNC(=O)[C@@H](N)C(C)C)cc2)c1. The minimum atomic E-state index is -0.611. The Hall–Kier alpha value is -2.86. The lowest BCUT2D eigenvalue weighted by atomic mass is 10.1. The van der Waals surface area contributed by atoms with Gasteiger partial charge in [0, 0.05) is 6.54 Å². The second kappa shape index (κ2) is 10.5. The molecule has 2 amide bonds. The van der Waals surface area contributed by atoms with Gasteiger partial charge in [0.1, 0.15) is 12.4 Å². The molecule has 2 rings (SSSR count). The Labute approximate surface area is 166 Å². The summed E-state index contributed by atoms with van der Waals surface area (Å²) in [7, 11) is 0. The molecule has 6 nitrogen and oxygen atoms in total. The number of rotatable bonds is 9. The molecule has 0 heterocycles. The maximum Gasteiger partial charge on any atom is 0.239 e. The van der Waals surface area contributed by atoms with Gasteiger partial charge in [-0.05, 0) is 36.1 Å². The molecule has 4 N–H and O–H groups in total. The number of nitrogens with two attached hydrogens (primary N) is 1. The predicted molar refractivity (Wildman–Crippen MR) is 110 cm³/mol. The van der Waals surface area contributed by atoms with Crippen LogP contribution in [0.1, 0.15) is 30.5 Å². The Morgan fingerprint density at radius 2 is 1.75 bits per heavy atom. The molecule has 2 aromatic carbocycles. The van der Waals surface area contributed by atoms with Gasteiger partial charge in [-0.3, -0.25) is 9.59 Å². The van der Waals surface area contributed by atoms with Crippen LogP contribution in [-0.2, 0) is 22.7 Å². The molecule has 0 saturated heterocycles. The van der Waals surface area contributed by atoms with E-state index in [1.165, 1.54) is 5.56 Å². The minimum absolute atomic E-state index is 0.0229. The van der Waals surface area contributed by atoms with Crippen molar-refractivity contribution in [3.63, 3.8) is 0 Å². The smallest absolute Gasteiger partial charge is 0.239 e. The summed E-state index contributed by atoms with van der Waals surface area (Å²) in [5, 5.41) is 5.32. The van der Waals surface area contributed by atoms with Crippen LogP contribution in [0.5, 0.6) is 5.75 Å². The molecule has 0 aliphatic rings. The fraction of sp³-hybridized carbons (Fsp3) is 0.364. The predicted octanol–water partition coefficient (Wildman–Crippen LogP) is 2.29. The van der Waals surface area contributed by atoms with E-state index in [9.17, 15) is 9.59 Å². The molecule has 0 fully saturated rings. The van der Waals surface area contributed by atoms with Crippen LogP contribution in [-0.4, -0.2) is 24.4 Å². The highest BCUT2D eigenvalue weighted by atomic mass is 16.5. The van der Waals surface area contributed by atoms with Crippen molar-refractivity contribution in [3.8, 4) is 5.75 Å². The number of carbonyl (C=O) groups is 2. The summed E-state index contributed by atoms with van der Waals surface area (Å²) >= 11 is 0. The Balaban J connectivity index is 1.73. The second-order valence-electron chi connectivity index (χ2n) is 7.19. The third kappa shape index (κ3) is 7.04. The van der Waals surface area contributed by atoms with Crippen LogP contribution < -0.4 is 21.1 Å². The highest BCUT2D eigenvalue weighted by Crippen LogP contribution is 2.14. The van der Waals surface area contributed by atoms with E-state index in [1.807, 2.05) is 50.2 Å². The topological polar surface area (TPSA) is 93.5 Å². The molecule has 0 aromatic heterocycles. The number of carbonyl (C=O) groups excluding carboxylic acids is 2. The van der Waals surface area contributed by atoms with E-state index in [2.05, 4.69) is 29.7 Å². The first-order chi connectivity index (χ1) is 13.3. The number of amides is 2. The lowest BCUT2D eigenvalue weighted by Gasteiger charge is -2.15. The maximum absolute atomic E-state index is 11.9. The summed E-state index contributed by atoms with van der Waals surface area (Å²) < 4.78 is 5.79. The van der Waals surface area contributed by atoms with Gasteiger partial charge in [-0.2, -0.15) is 0 Å². The molecule has 6 heteroatoms. The Bertz CT molecular complexity index is 788. The van der Waals surface area contributed by atoms with Crippen molar-refractivity contribution in [2.45, 2.75) is 40.0 Å². The van der Waals surface area contributed by atoms with E-state index < -0.39 is 6.04 Å². The van der Waals surface area contributed by atoms with Crippen LogP contribution in [0.2, 0.25) is 0 Å². The molecular formula is C22H29N3O3. The molecule has 0 unspecified atom stereocenters. The van der Waals surface area contributed by atoms with Crippen molar-refractivity contribution in [2.75, 3.05) is 6.54 Å². The zero-order valence-electron chi connectivity index (χ0n) is 16.7. The van der Waals surface area contributed by atoms with Gasteiger partial charge in [-0.1, -0.05) is 55.8 Å². The first-order valence-electron chi connectivity index (χ1n) is 9.42. The van der Waals surface area contributed by atoms with Crippen LogP contribution in [0.15, 0.2) is 48.5 Å². The van der Waals surface area contributed by atoms with Crippen molar-refractivity contribution in [1.29, 1.82) is 0 Å². The van der Waals surface area contributed by atoms with Gasteiger partial charge in [-0.25, -0.2) is 0 Å². The fourth-order valence-corrected chi connectivity index (χ4v) is 2.52. The van der Waals surface area contributed by atoms with Crippen LogP contribution in [0.4, 0.5) is 0 Å². The van der Waals surface area contributed by atoms with Crippen molar-refractivity contribution in [1.82, 2.24) is 10.6 Å². The normalized spacial score (nSPS) is 11.8. The molecule has 1 atom stereocenters. The fourth-order valence-electron chi connectivity index (χ4n) is 2.52. The number of benzene rings is 2. The zero-order chi connectivity index (χ0) is 20.5. The molecule has 28 heavy (non-hydrogen) atoms. The second-order valence-corrected chi connectivity index (χ2v) is 7.19. The van der Waals surface area contributed by atoms with Crippen LogP contribution in [0.3, 0.4) is 0 Å². The Morgan fingerprint density at radius 1 is 1.04 bits per heavy atom. The lowest BCUT2D eigenvalue weighted by Crippen LogP contribution is -2.47. The Kier molecular flexibility index (Phi) is 8.02. The zero-order valence-corrected chi connectivity index (χ0v) is 16.7. The number of nitrogens with one attached hydrogen (secondary N) is 2. The van der Waals surface area contributed by atoms with Gasteiger partial charge in [0.25, 0.3) is 0 Å². The van der Waals surface area contributed by atoms with Crippen molar-refractivity contribution in [2.24, 2.45) is 11.7 Å². The van der Waals surface area contributed by atoms with E-state index in [-0.39, 0.29) is 24.3 Å². The standard InChI is InChI=1S/C22H29N3O3/c1-15(2)21(23)22(27)25-13-20(26)24-12-17-7-9-19(10-8-17)28-14-18-6-4-5-16(3)11-18/h4-11,15,21H,12-14,23H2,1-3H3,(H,24,26)(H,25,27)/t21-/m0/s1. The van der Waals surface area contributed by atoms with Crippen LogP contribution in [0.25, 0.3) is 0 Å². The average molecular weight is 383 g/mol. The summed E-state index contributed by atoms with van der Waals surface area (Å²) in [4.78, 5) is 23.6. The third-order valence-corrected chi connectivity index (χ3v) is 4.35. The molecule has 2 aromatic rings. The number of hydrogen-bond acceptors (Lipinski definition) is 4. The molecule has 0 radical (unpaired) electrons. The summed E-state index contributed by atoms with van der Waals surface area (Å²) in [6.07, 6.45) is 0. The highest BCUT2D eigenvalue weighted by molar-refractivity contribution is 5.87.